The number of aromatic nitrogens is 2. The number of aryl methyl sites for hydroxylation is 2. The van der Waals surface area contributed by atoms with Crippen LogP contribution in [0.2, 0.25) is 0 Å². The molecule has 0 aromatic carbocycles. The standard InChI is InChI=1S/C19H27N3OS/c1-14-12-24-18-17(14)20-13-21(19(18)23)11-9-16-8-4-5-10-22(16)15-6-2-3-7-15/h12-13,15-16H,2-11H2,1H3/t16-/m0/s1. The zero-order valence-electron chi connectivity index (χ0n) is 14.5. The molecule has 3 heterocycles. The van der Waals surface area contributed by atoms with Crippen molar-refractivity contribution in [3.05, 3.63) is 27.6 Å². The number of hydrogen-bond donors (Lipinski definition) is 0. The summed E-state index contributed by atoms with van der Waals surface area (Å²) in [6.07, 6.45) is 12.3. The molecule has 0 radical (unpaired) electrons. The van der Waals surface area contributed by atoms with Crippen LogP contribution in [0.1, 0.15) is 56.9 Å². The highest BCUT2D eigenvalue weighted by molar-refractivity contribution is 7.17. The van der Waals surface area contributed by atoms with Crippen molar-refractivity contribution >= 4 is 21.6 Å². The van der Waals surface area contributed by atoms with E-state index >= 15 is 0 Å². The summed E-state index contributed by atoms with van der Waals surface area (Å²) in [6, 6.07) is 1.45. The highest BCUT2D eigenvalue weighted by atomic mass is 32.1. The van der Waals surface area contributed by atoms with E-state index in [2.05, 4.69) is 9.88 Å². The average molecular weight is 346 g/mol. The van der Waals surface area contributed by atoms with Crippen LogP contribution in [-0.2, 0) is 6.54 Å². The van der Waals surface area contributed by atoms with Crippen LogP contribution in [0.4, 0.5) is 0 Å². The van der Waals surface area contributed by atoms with Crippen LogP contribution in [0.15, 0.2) is 16.5 Å². The fraction of sp³-hybridized carbons (Fsp3) is 0.684. The molecule has 2 aliphatic rings. The first kappa shape index (κ1) is 16.3. The van der Waals surface area contributed by atoms with Gasteiger partial charge in [-0.2, -0.15) is 0 Å². The maximum Gasteiger partial charge on any atom is 0.271 e. The molecule has 130 valence electrons. The van der Waals surface area contributed by atoms with Gasteiger partial charge in [-0.05, 0) is 56.5 Å². The van der Waals surface area contributed by atoms with E-state index in [9.17, 15) is 4.79 Å². The molecule has 2 fully saturated rings. The number of fused-ring (bicyclic) bond motifs is 1. The summed E-state index contributed by atoms with van der Waals surface area (Å²) >= 11 is 1.53. The van der Waals surface area contributed by atoms with E-state index in [0.29, 0.717) is 6.04 Å². The van der Waals surface area contributed by atoms with E-state index in [0.717, 1.165) is 34.8 Å². The Morgan fingerprint density at radius 2 is 2.00 bits per heavy atom. The molecular formula is C19H27N3OS. The molecule has 0 bridgehead atoms. The third-order valence-corrected chi connectivity index (χ3v) is 6.97. The van der Waals surface area contributed by atoms with Crippen molar-refractivity contribution in [2.75, 3.05) is 6.54 Å². The topological polar surface area (TPSA) is 38.1 Å². The first-order valence-corrected chi connectivity index (χ1v) is 10.3. The molecule has 1 saturated carbocycles. The molecule has 24 heavy (non-hydrogen) atoms. The Morgan fingerprint density at radius 3 is 2.83 bits per heavy atom. The lowest BCUT2D eigenvalue weighted by Crippen LogP contribution is -2.45. The number of thiophene rings is 1. The van der Waals surface area contributed by atoms with Crippen molar-refractivity contribution < 1.29 is 0 Å². The third kappa shape index (κ3) is 3.04. The van der Waals surface area contributed by atoms with Crippen LogP contribution in [0.5, 0.6) is 0 Å². The third-order valence-electron chi connectivity index (χ3n) is 5.89. The molecule has 2 aromatic rings. The minimum absolute atomic E-state index is 0.140. The predicted molar refractivity (Wildman–Crippen MR) is 99.8 cm³/mol. The predicted octanol–water partition coefficient (Wildman–Crippen LogP) is 3.95. The fourth-order valence-electron chi connectivity index (χ4n) is 4.56. The van der Waals surface area contributed by atoms with Crippen molar-refractivity contribution in [2.45, 2.75) is 76.9 Å². The molecule has 4 rings (SSSR count). The fourth-order valence-corrected chi connectivity index (χ4v) is 5.51. The number of likely N-dealkylation sites (tertiary alicyclic amines) is 1. The lowest BCUT2D eigenvalue weighted by Gasteiger charge is -2.40. The van der Waals surface area contributed by atoms with Gasteiger partial charge in [0.05, 0.1) is 11.8 Å². The number of rotatable bonds is 4. The molecule has 0 amide bonds. The molecule has 2 aromatic heterocycles. The molecule has 1 saturated heterocycles. The lowest BCUT2D eigenvalue weighted by atomic mass is 9.96. The second-order valence-electron chi connectivity index (χ2n) is 7.45. The summed E-state index contributed by atoms with van der Waals surface area (Å²) in [7, 11) is 0. The van der Waals surface area contributed by atoms with Gasteiger partial charge in [0, 0.05) is 18.6 Å². The Kier molecular flexibility index (Phi) is 4.72. The maximum absolute atomic E-state index is 12.7. The Hall–Kier alpha value is -1.20. The van der Waals surface area contributed by atoms with Gasteiger partial charge in [0.15, 0.2) is 0 Å². The Bertz CT molecular complexity index is 760. The van der Waals surface area contributed by atoms with Gasteiger partial charge >= 0.3 is 0 Å². The molecule has 1 atom stereocenters. The van der Waals surface area contributed by atoms with Gasteiger partial charge in [-0.3, -0.25) is 14.3 Å². The lowest BCUT2D eigenvalue weighted by molar-refractivity contribution is 0.0880. The van der Waals surface area contributed by atoms with Gasteiger partial charge in [-0.1, -0.05) is 19.3 Å². The van der Waals surface area contributed by atoms with E-state index in [-0.39, 0.29) is 5.56 Å². The van der Waals surface area contributed by atoms with Gasteiger partial charge in [0.25, 0.3) is 5.56 Å². The quantitative estimate of drug-likeness (QED) is 0.842. The van der Waals surface area contributed by atoms with Crippen LogP contribution in [0.25, 0.3) is 10.2 Å². The zero-order chi connectivity index (χ0) is 16.5. The molecule has 4 nitrogen and oxygen atoms in total. The molecule has 1 aliphatic heterocycles. The van der Waals surface area contributed by atoms with Gasteiger partial charge in [-0.25, -0.2) is 4.98 Å². The van der Waals surface area contributed by atoms with E-state index in [1.165, 1.54) is 62.8 Å². The minimum atomic E-state index is 0.140. The van der Waals surface area contributed by atoms with E-state index in [1.54, 1.807) is 6.33 Å². The molecular weight excluding hydrogens is 318 g/mol. The Morgan fingerprint density at radius 1 is 1.21 bits per heavy atom. The smallest absolute Gasteiger partial charge is 0.271 e. The summed E-state index contributed by atoms with van der Waals surface area (Å²) < 4.78 is 2.64. The highest BCUT2D eigenvalue weighted by Gasteiger charge is 2.30. The summed E-state index contributed by atoms with van der Waals surface area (Å²) in [5.74, 6) is 0. The van der Waals surface area contributed by atoms with E-state index < -0.39 is 0 Å². The summed E-state index contributed by atoms with van der Waals surface area (Å²) in [6.45, 7) is 4.08. The van der Waals surface area contributed by atoms with Crippen molar-refractivity contribution in [2.24, 2.45) is 0 Å². The molecule has 5 heteroatoms. The minimum Gasteiger partial charge on any atom is -0.298 e. The summed E-state index contributed by atoms with van der Waals surface area (Å²) in [4.78, 5) is 20.0. The van der Waals surface area contributed by atoms with Crippen molar-refractivity contribution in [3.63, 3.8) is 0 Å². The van der Waals surface area contributed by atoms with E-state index in [4.69, 9.17) is 0 Å². The Balaban J connectivity index is 1.49. The number of hydrogen-bond acceptors (Lipinski definition) is 4. The summed E-state index contributed by atoms with van der Waals surface area (Å²) in [5, 5.41) is 2.03. The second-order valence-corrected chi connectivity index (χ2v) is 8.33. The second kappa shape index (κ2) is 6.96. The van der Waals surface area contributed by atoms with Crippen LogP contribution >= 0.6 is 11.3 Å². The zero-order valence-corrected chi connectivity index (χ0v) is 15.4. The van der Waals surface area contributed by atoms with E-state index in [1.807, 2.05) is 16.9 Å². The van der Waals surface area contributed by atoms with Crippen LogP contribution in [-0.4, -0.2) is 33.1 Å². The maximum atomic E-state index is 12.7. The average Bonchev–Trinajstić information content (AvgIpc) is 3.25. The first-order chi connectivity index (χ1) is 11.7. The Labute approximate surface area is 147 Å². The molecule has 1 aliphatic carbocycles. The van der Waals surface area contributed by atoms with Gasteiger partial charge in [-0.15, -0.1) is 11.3 Å². The van der Waals surface area contributed by atoms with Crippen LogP contribution in [0, 0.1) is 6.92 Å². The molecule has 0 spiro atoms. The molecule has 0 unspecified atom stereocenters. The van der Waals surface area contributed by atoms with Crippen LogP contribution in [0.3, 0.4) is 0 Å². The number of piperidine rings is 1. The van der Waals surface area contributed by atoms with Crippen molar-refractivity contribution in [1.82, 2.24) is 14.5 Å². The highest BCUT2D eigenvalue weighted by Crippen LogP contribution is 2.30. The normalized spacial score (nSPS) is 23.3. The largest absolute Gasteiger partial charge is 0.298 e. The van der Waals surface area contributed by atoms with Gasteiger partial charge in [0.1, 0.15) is 4.70 Å². The SMILES string of the molecule is Cc1csc2c(=O)n(CC[C@@H]3CCCCN3C3CCCC3)cnc12. The van der Waals surface area contributed by atoms with Gasteiger partial charge in [0.2, 0.25) is 0 Å². The van der Waals surface area contributed by atoms with Gasteiger partial charge < -0.3 is 0 Å². The monoisotopic (exact) mass is 345 g/mol. The number of nitrogens with zero attached hydrogens (tertiary/aromatic N) is 3. The summed E-state index contributed by atoms with van der Waals surface area (Å²) in [5.41, 5.74) is 2.13. The molecule has 0 N–H and O–H groups in total. The first-order valence-electron chi connectivity index (χ1n) is 9.43. The van der Waals surface area contributed by atoms with Crippen molar-refractivity contribution in [3.8, 4) is 0 Å². The van der Waals surface area contributed by atoms with Crippen LogP contribution < -0.4 is 5.56 Å². The van der Waals surface area contributed by atoms with Crippen molar-refractivity contribution in [1.29, 1.82) is 0 Å².